The molecule has 0 spiro atoms. The van der Waals surface area contributed by atoms with Crippen molar-refractivity contribution in [3.05, 3.63) is 35.4 Å². The van der Waals surface area contributed by atoms with Crippen molar-refractivity contribution < 1.29 is 8.78 Å². The van der Waals surface area contributed by atoms with Gasteiger partial charge in [0.15, 0.2) is 0 Å². The standard InChI is InChI=1S/C15H20F2N2/c16-12-6-3-7-13(17)11(12)8-14(19-18)15-9-4-1-2-5-10(9)15/h3,6-7,9-10,14-15,19H,1-2,4-5,8,18H2. The minimum atomic E-state index is -0.469. The molecule has 1 aromatic carbocycles. The van der Waals surface area contributed by atoms with Crippen LogP contribution in [0.15, 0.2) is 18.2 Å². The van der Waals surface area contributed by atoms with Crippen LogP contribution in [0.5, 0.6) is 0 Å². The number of benzene rings is 1. The van der Waals surface area contributed by atoms with E-state index in [2.05, 4.69) is 5.43 Å². The minimum Gasteiger partial charge on any atom is -0.271 e. The summed E-state index contributed by atoms with van der Waals surface area (Å²) in [5.41, 5.74) is 2.95. The van der Waals surface area contributed by atoms with E-state index in [0.717, 1.165) is 0 Å². The highest BCUT2D eigenvalue weighted by molar-refractivity contribution is 5.22. The Bertz CT molecular complexity index is 431. The van der Waals surface area contributed by atoms with Gasteiger partial charge in [-0.3, -0.25) is 11.3 Å². The third-order valence-corrected chi connectivity index (χ3v) is 4.89. The molecular weight excluding hydrogens is 246 g/mol. The summed E-state index contributed by atoms with van der Waals surface area (Å²) < 4.78 is 27.4. The third-order valence-electron chi connectivity index (χ3n) is 4.89. The molecule has 0 amide bonds. The van der Waals surface area contributed by atoms with Crippen molar-refractivity contribution in [1.29, 1.82) is 0 Å². The summed E-state index contributed by atoms with van der Waals surface area (Å²) >= 11 is 0. The zero-order valence-corrected chi connectivity index (χ0v) is 10.9. The minimum absolute atomic E-state index is 0.0144. The van der Waals surface area contributed by atoms with Crippen molar-refractivity contribution >= 4 is 0 Å². The topological polar surface area (TPSA) is 38.0 Å². The van der Waals surface area contributed by atoms with Crippen molar-refractivity contribution in [2.45, 2.75) is 38.1 Å². The van der Waals surface area contributed by atoms with E-state index >= 15 is 0 Å². The van der Waals surface area contributed by atoms with Gasteiger partial charge in [-0.25, -0.2) is 8.78 Å². The molecule has 0 heterocycles. The van der Waals surface area contributed by atoms with Gasteiger partial charge in [-0.05, 0) is 49.1 Å². The lowest BCUT2D eigenvalue weighted by Gasteiger charge is -2.17. The second-order valence-electron chi connectivity index (χ2n) is 5.87. The van der Waals surface area contributed by atoms with Crippen LogP contribution in [-0.2, 0) is 6.42 Å². The molecule has 2 aliphatic rings. The largest absolute Gasteiger partial charge is 0.271 e. The predicted molar refractivity (Wildman–Crippen MR) is 70.1 cm³/mol. The van der Waals surface area contributed by atoms with Crippen molar-refractivity contribution in [2.75, 3.05) is 0 Å². The number of fused-ring (bicyclic) bond motifs is 1. The molecule has 2 aliphatic carbocycles. The van der Waals surface area contributed by atoms with E-state index < -0.39 is 11.6 Å². The number of nitrogens with two attached hydrogens (primary N) is 1. The van der Waals surface area contributed by atoms with Gasteiger partial charge in [-0.1, -0.05) is 18.9 Å². The lowest BCUT2D eigenvalue weighted by atomic mass is 9.99. The van der Waals surface area contributed by atoms with E-state index in [9.17, 15) is 8.78 Å². The van der Waals surface area contributed by atoms with Crippen LogP contribution in [0.2, 0.25) is 0 Å². The molecule has 2 nitrogen and oxygen atoms in total. The number of hydrogen-bond acceptors (Lipinski definition) is 2. The highest BCUT2D eigenvalue weighted by atomic mass is 19.1. The Morgan fingerprint density at radius 1 is 1.16 bits per heavy atom. The maximum atomic E-state index is 13.7. The van der Waals surface area contributed by atoms with E-state index in [1.807, 2.05) is 0 Å². The van der Waals surface area contributed by atoms with E-state index in [-0.39, 0.29) is 11.6 Å². The summed E-state index contributed by atoms with van der Waals surface area (Å²) in [6, 6.07) is 4.01. The van der Waals surface area contributed by atoms with Crippen molar-refractivity contribution in [1.82, 2.24) is 5.43 Å². The first kappa shape index (κ1) is 13.0. The Morgan fingerprint density at radius 3 is 2.26 bits per heavy atom. The molecule has 19 heavy (non-hydrogen) atoms. The molecule has 3 atom stereocenters. The van der Waals surface area contributed by atoms with Gasteiger partial charge >= 0.3 is 0 Å². The zero-order chi connectivity index (χ0) is 13.4. The number of halogens is 2. The van der Waals surface area contributed by atoms with E-state index in [1.54, 1.807) is 0 Å². The third kappa shape index (κ3) is 2.39. The first-order chi connectivity index (χ1) is 9.22. The van der Waals surface area contributed by atoms with Gasteiger partial charge in [0.1, 0.15) is 11.6 Å². The molecule has 0 radical (unpaired) electrons. The number of hydrazine groups is 1. The summed E-state index contributed by atoms with van der Waals surface area (Å²) in [6.07, 6.45) is 5.39. The maximum Gasteiger partial charge on any atom is 0.129 e. The highest BCUT2D eigenvalue weighted by Crippen LogP contribution is 2.57. The van der Waals surface area contributed by atoms with Crippen LogP contribution in [0.4, 0.5) is 8.78 Å². The average Bonchev–Trinajstić information content (AvgIpc) is 3.13. The Kier molecular flexibility index (Phi) is 3.54. The number of nitrogens with one attached hydrogen (secondary N) is 1. The zero-order valence-electron chi connectivity index (χ0n) is 10.9. The fraction of sp³-hybridized carbons (Fsp3) is 0.600. The molecule has 0 aromatic heterocycles. The quantitative estimate of drug-likeness (QED) is 0.649. The summed E-state index contributed by atoms with van der Waals surface area (Å²) in [7, 11) is 0. The first-order valence-electron chi connectivity index (χ1n) is 7.11. The molecule has 0 bridgehead atoms. The Morgan fingerprint density at radius 2 is 1.74 bits per heavy atom. The van der Waals surface area contributed by atoms with Crippen LogP contribution < -0.4 is 11.3 Å². The van der Waals surface area contributed by atoms with Crippen LogP contribution in [0.3, 0.4) is 0 Å². The predicted octanol–water partition coefficient (Wildman–Crippen LogP) is 2.78. The Balaban J connectivity index is 1.74. The van der Waals surface area contributed by atoms with E-state index in [0.29, 0.717) is 24.2 Å². The highest BCUT2D eigenvalue weighted by Gasteiger charge is 2.53. The van der Waals surface area contributed by atoms with Gasteiger partial charge in [0.2, 0.25) is 0 Å². The van der Waals surface area contributed by atoms with Crippen LogP contribution >= 0.6 is 0 Å². The van der Waals surface area contributed by atoms with Gasteiger partial charge in [0, 0.05) is 11.6 Å². The second-order valence-corrected chi connectivity index (χ2v) is 5.87. The van der Waals surface area contributed by atoms with Gasteiger partial charge in [-0.2, -0.15) is 0 Å². The average molecular weight is 266 g/mol. The second kappa shape index (κ2) is 5.17. The molecule has 0 aliphatic heterocycles. The number of rotatable bonds is 4. The van der Waals surface area contributed by atoms with Crippen LogP contribution in [-0.4, -0.2) is 6.04 Å². The molecule has 1 aromatic rings. The molecule has 2 saturated carbocycles. The van der Waals surface area contributed by atoms with Crippen LogP contribution in [0.25, 0.3) is 0 Å². The SMILES string of the molecule is NNC(Cc1c(F)cccc1F)C1C2CCCCC21. The maximum absolute atomic E-state index is 13.7. The van der Waals surface area contributed by atoms with Gasteiger partial charge in [0.25, 0.3) is 0 Å². The molecule has 3 rings (SSSR count). The van der Waals surface area contributed by atoms with Crippen LogP contribution in [0.1, 0.15) is 31.2 Å². The van der Waals surface area contributed by atoms with Gasteiger partial charge in [-0.15, -0.1) is 0 Å². The lowest BCUT2D eigenvalue weighted by molar-refractivity contribution is 0.421. The van der Waals surface area contributed by atoms with Crippen molar-refractivity contribution in [3.63, 3.8) is 0 Å². The molecule has 104 valence electrons. The summed E-state index contributed by atoms with van der Waals surface area (Å²) in [6.45, 7) is 0. The molecule has 3 unspecified atom stereocenters. The van der Waals surface area contributed by atoms with Crippen LogP contribution in [0, 0.1) is 29.4 Å². The Hall–Kier alpha value is -1.00. The van der Waals surface area contributed by atoms with Crippen molar-refractivity contribution in [3.8, 4) is 0 Å². The molecule has 4 heteroatoms. The van der Waals surface area contributed by atoms with Gasteiger partial charge < -0.3 is 0 Å². The van der Waals surface area contributed by atoms with Crippen molar-refractivity contribution in [2.24, 2.45) is 23.6 Å². The smallest absolute Gasteiger partial charge is 0.129 e. The summed E-state index contributed by atoms with van der Waals surface area (Å²) in [4.78, 5) is 0. The molecule has 3 N–H and O–H groups in total. The van der Waals surface area contributed by atoms with E-state index in [1.165, 1.54) is 43.9 Å². The summed E-state index contributed by atoms with van der Waals surface area (Å²) in [5, 5.41) is 0. The molecule has 2 fully saturated rings. The molecule has 0 saturated heterocycles. The number of hydrogen-bond donors (Lipinski definition) is 2. The van der Waals surface area contributed by atoms with E-state index in [4.69, 9.17) is 5.84 Å². The molecular formula is C15H20F2N2. The summed E-state index contributed by atoms with van der Waals surface area (Å²) in [5.74, 6) is 6.60. The normalized spacial score (nSPS) is 30.8. The lowest BCUT2D eigenvalue weighted by Crippen LogP contribution is -2.39. The monoisotopic (exact) mass is 266 g/mol. The Labute approximate surface area is 112 Å². The fourth-order valence-corrected chi connectivity index (χ4v) is 3.90. The van der Waals surface area contributed by atoms with Gasteiger partial charge in [0.05, 0.1) is 0 Å². The first-order valence-corrected chi connectivity index (χ1v) is 7.11. The fourth-order valence-electron chi connectivity index (χ4n) is 3.90.